The van der Waals surface area contributed by atoms with Gasteiger partial charge in [-0.2, -0.15) is 5.26 Å². The van der Waals surface area contributed by atoms with Crippen molar-refractivity contribution in [3.05, 3.63) is 34.9 Å². The fourth-order valence-electron chi connectivity index (χ4n) is 1.76. The molecule has 0 heterocycles. The highest BCUT2D eigenvalue weighted by Gasteiger charge is 2.33. The molecule has 2 nitrogen and oxygen atoms in total. The van der Waals surface area contributed by atoms with Crippen molar-refractivity contribution in [2.45, 2.75) is 32.3 Å². The Morgan fingerprint density at radius 3 is 2.75 bits per heavy atom. The zero-order chi connectivity index (χ0) is 12.2. The summed E-state index contributed by atoms with van der Waals surface area (Å²) in [7, 11) is 0. The highest BCUT2D eigenvalue weighted by atomic mass is 35.5. The van der Waals surface area contributed by atoms with Gasteiger partial charge in [0.05, 0.1) is 12.0 Å². The van der Waals surface area contributed by atoms with Gasteiger partial charge in [0.25, 0.3) is 0 Å². The number of rotatable bonds is 4. The first kappa shape index (κ1) is 13.0. The van der Waals surface area contributed by atoms with Crippen molar-refractivity contribution in [1.29, 1.82) is 5.26 Å². The minimum Gasteiger partial charge on any atom is -0.384 e. The molecule has 2 atom stereocenters. The molecule has 0 bridgehead atoms. The molecular formula is C13H16ClNO. The summed E-state index contributed by atoms with van der Waals surface area (Å²) < 4.78 is 0. The maximum atomic E-state index is 10.4. The maximum absolute atomic E-state index is 10.4. The molecule has 0 spiro atoms. The molecule has 1 aromatic rings. The Bertz CT molecular complexity index is 395. The van der Waals surface area contributed by atoms with E-state index in [0.717, 1.165) is 6.42 Å². The molecule has 0 amide bonds. The lowest BCUT2D eigenvalue weighted by Crippen LogP contribution is -2.30. The molecule has 16 heavy (non-hydrogen) atoms. The Balaban J connectivity index is 3.04. The third-order valence-corrected chi connectivity index (χ3v) is 3.06. The lowest BCUT2D eigenvalue weighted by molar-refractivity contribution is 0.0131. The summed E-state index contributed by atoms with van der Waals surface area (Å²) in [5, 5.41) is 20.1. The van der Waals surface area contributed by atoms with Gasteiger partial charge in [0, 0.05) is 5.02 Å². The molecule has 1 N–H and O–H groups in total. The summed E-state index contributed by atoms with van der Waals surface area (Å²) >= 11 is 5.88. The normalized spacial score (nSPS) is 16.2. The van der Waals surface area contributed by atoms with Crippen molar-refractivity contribution >= 4 is 11.6 Å². The lowest BCUT2D eigenvalue weighted by Gasteiger charge is -2.28. The summed E-state index contributed by atoms with van der Waals surface area (Å²) in [5.74, 6) is -0.407. The topological polar surface area (TPSA) is 44.0 Å². The number of benzene rings is 1. The zero-order valence-corrected chi connectivity index (χ0v) is 10.3. The molecule has 1 aromatic carbocycles. The van der Waals surface area contributed by atoms with Gasteiger partial charge in [0.2, 0.25) is 0 Å². The van der Waals surface area contributed by atoms with Crippen LogP contribution < -0.4 is 0 Å². The van der Waals surface area contributed by atoms with Crippen LogP contribution in [0.5, 0.6) is 0 Å². The molecule has 2 unspecified atom stereocenters. The first-order chi connectivity index (χ1) is 7.52. The lowest BCUT2D eigenvalue weighted by atomic mass is 9.81. The van der Waals surface area contributed by atoms with Crippen LogP contribution in [0.25, 0.3) is 0 Å². The number of nitriles is 1. The largest absolute Gasteiger partial charge is 0.384 e. The number of hydrogen-bond donors (Lipinski definition) is 1. The highest BCUT2D eigenvalue weighted by Crippen LogP contribution is 2.33. The molecule has 0 aliphatic carbocycles. The fourth-order valence-corrected chi connectivity index (χ4v) is 1.95. The zero-order valence-electron chi connectivity index (χ0n) is 9.57. The maximum Gasteiger partial charge on any atom is 0.103 e. The third-order valence-electron chi connectivity index (χ3n) is 2.82. The predicted octanol–water partition coefficient (Wildman–Crippen LogP) is 3.49. The van der Waals surface area contributed by atoms with Crippen molar-refractivity contribution in [2.24, 2.45) is 5.92 Å². The molecule has 1 rings (SSSR count). The van der Waals surface area contributed by atoms with E-state index in [1.165, 1.54) is 0 Å². The second-order valence-electron chi connectivity index (χ2n) is 4.13. The van der Waals surface area contributed by atoms with Crippen molar-refractivity contribution < 1.29 is 5.11 Å². The Morgan fingerprint density at radius 1 is 1.56 bits per heavy atom. The van der Waals surface area contributed by atoms with Crippen LogP contribution in [0, 0.1) is 17.2 Å². The van der Waals surface area contributed by atoms with Crippen LogP contribution in [-0.4, -0.2) is 5.11 Å². The number of halogens is 1. The van der Waals surface area contributed by atoms with Crippen molar-refractivity contribution in [3.8, 4) is 6.07 Å². The molecule has 3 heteroatoms. The second-order valence-corrected chi connectivity index (χ2v) is 4.56. The predicted molar refractivity (Wildman–Crippen MR) is 65.0 cm³/mol. The number of aliphatic hydroxyl groups is 1. The minimum absolute atomic E-state index is 0.407. The Labute approximate surface area is 101 Å². The summed E-state index contributed by atoms with van der Waals surface area (Å²) in [4.78, 5) is 0. The van der Waals surface area contributed by atoms with Crippen molar-refractivity contribution in [2.75, 3.05) is 0 Å². The quantitative estimate of drug-likeness (QED) is 0.871. The molecule has 0 saturated carbocycles. The van der Waals surface area contributed by atoms with Crippen molar-refractivity contribution in [3.63, 3.8) is 0 Å². The molecular weight excluding hydrogens is 222 g/mol. The molecule has 0 radical (unpaired) electrons. The van der Waals surface area contributed by atoms with E-state index >= 15 is 0 Å². The van der Waals surface area contributed by atoms with Gasteiger partial charge in [-0.25, -0.2) is 0 Å². The van der Waals surface area contributed by atoms with E-state index in [1.54, 1.807) is 31.2 Å². The summed E-state index contributed by atoms with van der Waals surface area (Å²) in [5.41, 5.74) is -0.449. The SMILES string of the molecule is CCCC(C#N)C(C)(O)c1cccc(Cl)c1. The summed E-state index contributed by atoms with van der Waals surface area (Å²) in [6.45, 7) is 3.67. The molecule has 0 aromatic heterocycles. The van der Waals surface area contributed by atoms with E-state index < -0.39 is 11.5 Å². The standard InChI is InChI=1S/C13H16ClNO/c1-3-5-11(9-15)13(2,16)10-6-4-7-12(14)8-10/h4,6-8,11,16H,3,5H2,1-2H3. The third kappa shape index (κ3) is 2.75. The van der Waals surface area contributed by atoms with E-state index in [4.69, 9.17) is 16.9 Å². The molecule has 86 valence electrons. The van der Waals surface area contributed by atoms with E-state index in [2.05, 4.69) is 6.07 Å². The van der Waals surface area contributed by atoms with Crippen LogP contribution in [0.1, 0.15) is 32.3 Å². The second kappa shape index (κ2) is 5.34. The van der Waals surface area contributed by atoms with Crippen LogP contribution in [0.15, 0.2) is 24.3 Å². The highest BCUT2D eigenvalue weighted by molar-refractivity contribution is 6.30. The molecule has 0 aliphatic heterocycles. The molecule has 0 fully saturated rings. The van der Waals surface area contributed by atoms with E-state index in [9.17, 15) is 5.11 Å². The van der Waals surface area contributed by atoms with Gasteiger partial charge in [-0.05, 0) is 31.0 Å². The van der Waals surface area contributed by atoms with Crippen LogP contribution in [0.4, 0.5) is 0 Å². The number of nitrogens with zero attached hydrogens (tertiary/aromatic N) is 1. The van der Waals surface area contributed by atoms with Gasteiger partial charge < -0.3 is 5.11 Å². The van der Waals surface area contributed by atoms with Gasteiger partial charge in [-0.1, -0.05) is 37.1 Å². The van der Waals surface area contributed by atoms with E-state index in [-0.39, 0.29) is 0 Å². The van der Waals surface area contributed by atoms with Crippen molar-refractivity contribution in [1.82, 2.24) is 0 Å². The number of hydrogen-bond acceptors (Lipinski definition) is 2. The van der Waals surface area contributed by atoms with E-state index in [1.807, 2.05) is 6.92 Å². The van der Waals surface area contributed by atoms with Gasteiger partial charge in [0.1, 0.15) is 5.60 Å². The monoisotopic (exact) mass is 237 g/mol. The first-order valence-electron chi connectivity index (χ1n) is 5.40. The average Bonchev–Trinajstić information content (AvgIpc) is 2.25. The molecule has 0 aliphatic rings. The van der Waals surface area contributed by atoms with Gasteiger partial charge >= 0.3 is 0 Å². The first-order valence-corrected chi connectivity index (χ1v) is 5.78. The summed E-state index contributed by atoms with van der Waals surface area (Å²) in [6, 6.07) is 9.21. The van der Waals surface area contributed by atoms with Crippen LogP contribution in [0.3, 0.4) is 0 Å². The van der Waals surface area contributed by atoms with E-state index in [0.29, 0.717) is 17.0 Å². The van der Waals surface area contributed by atoms with Crippen LogP contribution in [-0.2, 0) is 5.60 Å². The minimum atomic E-state index is -1.14. The molecule has 0 saturated heterocycles. The fraction of sp³-hybridized carbons (Fsp3) is 0.462. The van der Waals surface area contributed by atoms with Gasteiger partial charge in [0.15, 0.2) is 0 Å². The Kier molecular flexibility index (Phi) is 4.35. The average molecular weight is 238 g/mol. The summed E-state index contributed by atoms with van der Waals surface area (Å²) in [6.07, 6.45) is 1.55. The van der Waals surface area contributed by atoms with Crippen LogP contribution in [0.2, 0.25) is 5.02 Å². The smallest absolute Gasteiger partial charge is 0.103 e. The Morgan fingerprint density at radius 2 is 2.25 bits per heavy atom. The van der Waals surface area contributed by atoms with Gasteiger partial charge in [-0.3, -0.25) is 0 Å². The Hall–Kier alpha value is -1.04. The van der Waals surface area contributed by atoms with Crippen LogP contribution >= 0.6 is 11.6 Å². The van der Waals surface area contributed by atoms with Gasteiger partial charge in [-0.15, -0.1) is 0 Å².